The zero-order valence-corrected chi connectivity index (χ0v) is 13.7. The smallest absolute Gasteiger partial charge is 0.325 e. The summed E-state index contributed by atoms with van der Waals surface area (Å²) in [5.41, 5.74) is 1.35. The van der Waals surface area contributed by atoms with Crippen molar-refractivity contribution in [2.75, 3.05) is 6.61 Å². The topological polar surface area (TPSA) is 75.6 Å². The maximum atomic E-state index is 11.5. The third-order valence-electron chi connectivity index (χ3n) is 3.29. The van der Waals surface area contributed by atoms with Gasteiger partial charge >= 0.3 is 5.97 Å². The van der Waals surface area contributed by atoms with E-state index in [9.17, 15) is 9.59 Å². The van der Waals surface area contributed by atoms with Crippen LogP contribution < -0.4 is 10.1 Å². The van der Waals surface area contributed by atoms with Gasteiger partial charge in [-0.3, -0.25) is 9.59 Å². The Balaban J connectivity index is 2.30. The molecule has 0 aromatic heterocycles. The van der Waals surface area contributed by atoms with Crippen molar-refractivity contribution in [1.82, 2.24) is 5.32 Å². The Morgan fingerprint density at radius 1 is 1.23 bits per heavy atom. The average Bonchev–Trinajstić information content (AvgIpc) is 2.43. The van der Waals surface area contributed by atoms with Gasteiger partial charge in [0.25, 0.3) is 0 Å². The lowest BCUT2D eigenvalue weighted by atomic mass is 9.87. The van der Waals surface area contributed by atoms with E-state index in [0.717, 1.165) is 5.75 Å². The molecule has 0 heterocycles. The molecule has 0 bridgehead atoms. The highest BCUT2D eigenvalue weighted by molar-refractivity contribution is 5.83. The lowest BCUT2D eigenvalue weighted by Gasteiger charge is -2.19. The van der Waals surface area contributed by atoms with Gasteiger partial charge in [0.15, 0.2) is 0 Å². The fourth-order valence-corrected chi connectivity index (χ4v) is 1.85. The Morgan fingerprint density at radius 2 is 1.82 bits per heavy atom. The zero-order chi connectivity index (χ0) is 16.8. The molecule has 1 aromatic rings. The fraction of sp³-hybridized carbons (Fsp3) is 0.529. The molecule has 0 spiro atoms. The van der Waals surface area contributed by atoms with Gasteiger partial charge in [-0.2, -0.15) is 0 Å². The van der Waals surface area contributed by atoms with Crippen molar-refractivity contribution in [3.63, 3.8) is 0 Å². The van der Waals surface area contributed by atoms with E-state index in [2.05, 4.69) is 26.1 Å². The number of carbonyl (C=O) groups is 2. The second kappa shape index (κ2) is 7.82. The highest BCUT2D eigenvalue weighted by Crippen LogP contribution is 2.24. The third kappa shape index (κ3) is 6.16. The van der Waals surface area contributed by atoms with Crippen LogP contribution in [-0.2, 0) is 15.0 Å². The fourth-order valence-electron chi connectivity index (χ4n) is 1.85. The van der Waals surface area contributed by atoms with Gasteiger partial charge in [-0.25, -0.2) is 0 Å². The first-order valence-electron chi connectivity index (χ1n) is 7.45. The Labute approximate surface area is 131 Å². The Kier molecular flexibility index (Phi) is 6.40. The molecule has 1 amide bonds. The molecule has 5 nitrogen and oxygen atoms in total. The minimum atomic E-state index is -1.04. The molecule has 0 aliphatic rings. The van der Waals surface area contributed by atoms with Gasteiger partial charge in [-0.15, -0.1) is 0 Å². The maximum absolute atomic E-state index is 11.5. The second-order valence-corrected chi connectivity index (χ2v) is 6.35. The summed E-state index contributed by atoms with van der Waals surface area (Å²) in [6.45, 7) is 8.32. The number of rotatable bonds is 7. The monoisotopic (exact) mass is 307 g/mol. The largest absolute Gasteiger partial charge is 0.494 e. The number of carboxylic acids is 1. The summed E-state index contributed by atoms with van der Waals surface area (Å²) < 4.78 is 5.58. The highest BCUT2D eigenvalue weighted by Gasteiger charge is 2.14. The summed E-state index contributed by atoms with van der Waals surface area (Å²) >= 11 is 0. The van der Waals surface area contributed by atoms with Crippen LogP contribution in [0.5, 0.6) is 5.75 Å². The van der Waals surface area contributed by atoms with Gasteiger partial charge in [0, 0.05) is 6.42 Å². The lowest BCUT2D eigenvalue weighted by molar-refractivity contribution is -0.141. The molecule has 0 aliphatic heterocycles. The summed E-state index contributed by atoms with van der Waals surface area (Å²) in [6.07, 6.45) is 0.789. The van der Waals surface area contributed by atoms with E-state index in [0.29, 0.717) is 13.0 Å². The minimum Gasteiger partial charge on any atom is -0.494 e. The number of hydrogen-bond acceptors (Lipinski definition) is 3. The van der Waals surface area contributed by atoms with E-state index < -0.39 is 12.0 Å². The van der Waals surface area contributed by atoms with Crippen LogP contribution in [0.1, 0.15) is 46.1 Å². The molecule has 0 saturated carbocycles. The van der Waals surface area contributed by atoms with Crippen molar-refractivity contribution in [1.29, 1.82) is 0 Å². The molecule has 0 saturated heterocycles. The minimum absolute atomic E-state index is 0.109. The van der Waals surface area contributed by atoms with Crippen LogP contribution in [0.25, 0.3) is 0 Å². The third-order valence-corrected chi connectivity index (χ3v) is 3.29. The second-order valence-electron chi connectivity index (χ2n) is 6.35. The van der Waals surface area contributed by atoms with Gasteiger partial charge in [0.1, 0.15) is 11.8 Å². The van der Waals surface area contributed by atoms with E-state index in [1.165, 1.54) is 12.5 Å². The molecule has 0 radical (unpaired) electrons. The maximum Gasteiger partial charge on any atom is 0.325 e. The van der Waals surface area contributed by atoms with Gasteiger partial charge < -0.3 is 15.2 Å². The van der Waals surface area contributed by atoms with Crippen LogP contribution >= 0.6 is 0 Å². The Hall–Kier alpha value is -2.04. The number of aliphatic carboxylic acids is 1. The molecule has 1 rings (SSSR count). The summed E-state index contributed by atoms with van der Waals surface area (Å²) in [7, 11) is 0. The number of nitrogens with one attached hydrogen (secondary N) is 1. The molecule has 1 aromatic carbocycles. The van der Waals surface area contributed by atoms with Gasteiger partial charge in [-0.1, -0.05) is 32.9 Å². The van der Waals surface area contributed by atoms with Crippen LogP contribution in [0, 0.1) is 0 Å². The van der Waals surface area contributed by atoms with Crippen LogP contribution in [0.4, 0.5) is 0 Å². The normalized spacial score (nSPS) is 12.5. The highest BCUT2D eigenvalue weighted by atomic mass is 16.5. The standard InChI is InChI=1S/C17H25NO4/c1-12(16(20)21)18-15(19)6-5-11-22-14-9-7-13(8-10-14)17(2,3)4/h7-10,12H,5-6,11H2,1-4H3,(H,18,19)(H,20,21)/t12-/m1/s1. The van der Waals surface area contributed by atoms with Crippen LogP contribution in [0.15, 0.2) is 24.3 Å². The van der Waals surface area contributed by atoms with Gasteiger partial charge in [-0.05, 0) is 36.5 Å². The number of amides is 1. The average molecular weight is 307 g/mol. The van der Waals surface area contributed by atoms with E-state index in [1.807, 2.05) is 24.3 Å². The number of carbonyl (C=O) groups excluding carboxylic acids is 1. The van der Waals surface area contributed by atoms with Crippen molar-refractivity contribution in [2.45, 2.75) is 52.0 Å². The van der Waals surface area contributed by atoms with Crippen molar-refractivity contribution in [2.24, 2.45) is 0 Å². The Bertz CT molecular complexity index is 502. The molecule has 0 fully saturated rings. The van der Waals surface area contributed by atoms with E-state index in [1.54, 1.807) is 0 Å². The lowest BCUT2D eigenvalue weighted by Crippen LogP contribution is -2.38. The molecule has 0 unspecified atom stereocenters. The first-order valence-corrected chi connectivity index (χ1v) is 7.45. The summed E-state index contributed by atoms with van der Waals surface area (Å²) in [5, 5.41) is 11.1. The number of carboxylic acid groups (broad SMARTS) is 1. The molecule has 2 N–H and O–H groups in total. The molecular weight excluding hydrogens is 282 g/mol. The van der Waals surface area contributed by atoms with Crippen LogP contribution in [0.3, 0.4) is 0 Å². The van der Waals surface area contributed by atoms with Gasteiger partial charge in [0.2, 0.25) is 5.91 Å². The summed E-state index contributed by atoms with van der Waals surface area (Å²) in [4.78, 5) is 22.1. The molecule has 122 valence electrons. The number of ether oxygens (including phenoxy) is 1. The van der Waals surface area contributed by atoms with Crippen molar-refractivity contribution >= 4 is 11.9 Å². The summed E-state index contributed by atoms with van der Waals surface area (Å²) in [5.74, 6) is -0.544. The molecule has 1 atom stereocenters. The van der Waals surface area contributed by atoms with Gasteiger partial charge in [0.05, 0.1) is 6.61 Å². The van der Waals surface area contributed by atoms with Crippen molar-refractivity contribution in [3.8, 4) is 5.75 Å². The Morgan fingerprint density at radius 3 is 2.32 bits per heavy atom. The zero-order valence-electron chi connectivity index (χ0n) is 13.7. The van der Waals surface area contributed by atoms with Crippen LogP contribution in [0.2, 0.25) is 0 Å². The van der Waals surface area contributed by atoms with E-state index in [-0.39, 0.29) is 17.7 Å². The molecule has 0 aliphatic carbocycles. The molecule has 5 heteroatoms. The summed E-state index contributed by atoms with van der Waals surface area (Å²) in [6, 6.07) is 7.06. The predicted octanol–water partition coefficient (Wildman–Crippen LogP) is 2.73. The van der Waals surface area contributed by atoms with Crippen molar-refractivity contribution < 1.29 is 19.4 Å². The quantitative estimate of drug-likeness (QED) is 0.759. The van der Waals surface area contributed by atoms with E-state index >= 15 is 0 Å². The first-order chi connectivity index (χ1) is 10.2. The predicted molar refractivity (Wildman–Crippen MR) is 85.1 cm³/mol. The SMILES string of the molecule is C[C@@H](NC(=O)CCCOc1ccc(C(C)(C)C)cc1)C(=O)O. The van der Waals surface area contributed by atoms with E-state index in [4.69, 9.17) is 9.84 Å². The molecular formula is C17H25NO4. The van der Waals surface area contributed by atoms with Crippen molar-refractivity contribution in [3.05, 3.63) is 29.8 Å². The first kappa shape index (κ1) is 18.0. The number of benzene rings is 1. The molecule has 22 heavy (non-hydrogen) atoms. The van der Waals surface area contributed by atoms with Crippen LogP contribution in [-0.4, -0.2) is 29.6 Å². The number of hydrogen-bond donors (Lipinski definition) is 2.